The fourth-order valence-electron chi connectivity index (χ4n) is 4.23. The predicted molar refractivity (Wildman–Crippen MR) is 131 cm³/mol. The maximum Gasteiger partial charge on any atom is 0.303 e. The second-order valence-corrected chi connectivity index (χ2v) is 10.2. The molecule has 5 heterocycles. The maximum absolute atomic E-state index is 13.1. The van der Waals surface area contributed by atoms with E-state index in [4.69, 9.17) is 10.3 Å². The molecule has 12 nitrogen and oxygen atoms in total. The highest BCUT2D eigenvalue weighted by Crippen LogP contribution is 2.23. The number of nitrogens with zero attached hydrogens (tertiary/aromatic N) is 6. The molecule has 4 aromatic rings. The quantitative estimate of drug-likeness (QED) is 0.366. The van der Waals surface area contributed by atoms with Crippen LogP contribution >= 0.6 is 0 Å². The highest BCUT2D eigenvalue weighted by molar-refractivity contribution is 5.94. The van der Waals surface area contributed by atoms with Gasteiger partial charge in [0.05, 0.1) is 12.2 Å². The van der Waals surface area contributed by atoms with Gasteiger partial charge in [0.2, 0.25) is 5.82 Å². The minimum Gasteiger partial charge on any atom is -0.383 e. The van der Waals surface area contributed by atoms with E-state index in [0.717, 1.165) is 37.3 Å². The number of aromatic amines is 2. The third kappa shape index (κ3) is 4.76. The molecular formula is C24H31N10O2+. The van der Waals surface area contributed by atoms with Crippen molar-refractivity contribution < 1.29 is 14.3 Å². The number of anilines is 1. The first-order chi connectivity index (χ1) is 17.2. The van der Waals surface area contributed by atoms with E-state index < -0.39 is 6.04 Å². The van der Waals surface area contributed by atoms with Crippen molar-refractivity contribution in [2.24, 2.45) is 0 Å². The smallest absolute Gasteiger partial charge is 0.303 e. The Kier molecular flexibility index (Phi) is 6.12. The monoisotopic (exact) mass is 491 g/mol. The fourth-order valence-corrected chi connectivity index (χ4v) is 4.23. The Morgan fingerprint density at radius 3 is 2.81 bits per heavy atom. The summed E-state index contributed by atoms with van der Waals surface area (Å²) in [5.41, 5.74) is 8.86. The minimum absolute atomic E-state index is 0.170. The zero-order valence-electron chi connectivity index (χ0n) is 20.9. The molecule has 188 valence electrons. The summed E-state index contributed by atoms with van der Waals surface area (Å²) in [5, 5.41) is 7.11. The molecule has 1 atom stereocenters. The number of nitrogens with one attached hydrogen (secondary N) is 3. The zero-order chi connectivity index (χ0) is 25.4. The molecule has 0 spiro atoms. The van der Waals surface area contributed by atoms with E-state index in [9.17, 15) is 4.79 Å². The molecule has 0 radical (unpaired) electrons. The van der Waals surface area contributed by atoms with E-state index in [-0.39, 0.29) is 17.0 Å². The molecule has 36 heavy (non-hydrogen) atoms. The first kappa shape index (κ1) is 23.8. The molecule has 1 fully saturated rings. The lowest BCUT2D eigenvalue weighted by Gasteiger charge is -2.18. The Morgan fingerprint density at radius 2 is 2.06 bits per heavy atom. The second-order valence-electron chi connectivity index (χ2n) is 10.2. The molecular weight excluding hydrogens is 460 g/mol. The Morgan fingerprint density at radius 1 is 1.28 bits per heavy atom. The number of likely N-dealkylation sites (tertiary alicyclic amines) is 1. The molecule has 1 saturated heterocycles. The number of carbonyl (C=O) groups is 1. The Balaban J connectivity index is 1.33. The topological polar surface area (TPSA) is 166 Å². The molecule has 5 N–H and O–H groups in total. The summed E-state index contributed by atoms with van der Waals surface area (Å²) in [6.45, 7) is 10.5. The van der Waals surface area contributed by atoms with Gasteiger partial charge in [0.15, 0.2) is 17.0 Å². The van der Waals surface area contributed by atoms with Crippen LogP contribution in [-0.2, 0) is 12.0 Å². The Bertz CT molecular complexity index is 1400. The van der Waals surface area contributed by atoms with E-state index in [2.05, 4.69) is 66.0 Å². The molecule has 1 aliphatic rings. The van der Waals surface area contributed by atoms with Crippen LogP contribution in [0.1, 0.15) is 74.2 Å². The van der Waals surface area contributed by atoms with Gasteiger partial charge in [-0.15, -0.1) is 0 Å². The van der Waals surface area contributed by atoms with E-state index in [1.807, 2.05) is 6.92 Å². The van der Waals surface area contributed by atoms with Crippen molar-refractivity contribution in [1.29, 1.82) is 0 Å². The number of fused-ring (bicyclic) bond motifs is 1. The molecule has 1 aliphatic heterocycles. The van der Waals surface area contributed by atoms with Crippen LogP contribution in [0.5, 0.6) is 0 Å². The summed E-state index contributed by atoms with van der Waals surface area (Å²) in [7, 11) is 0. The van der Waals surface area contributed by atoms with E-state index >= 15 is 0 Å². The van der Waals surface area contributed by atoms with Gasteiger partial charge < -0.3 is 15.6 Å². The summed E-state index contributed by atoms with van der Waals surface area (Å²) in [6.07, 6.45) is 5.34. The van der Waals surface area contributed by atoms with Crippen LogP contribution < -0.4 is 16.0 Å². The van der Waals surface area contributed by atoms with E-state index in [0.29, 0.717) is 40.9 Å². The molecule has 0 aliphatic carbocycles. The molecule has 0 unspecified atom stereocenters. The van der Waals surface area contributed by atoms with Gasteiger partial charge in [-0.1, -0.05) is 30.9 Å². The van der Waals surface area contributed by atoms with Crippen LogP contribution in [-0.4, -0.2) is 54.0 Å². The molecule has 5 rings (SSSR count). The molecule has 0 bridgehead atoms. The van der Waals surface area contributed by atoms with Crippen LogP contribution in [0.25, 0.3) is 22.7 Å². The molecule has 1 amide bonds. The van der Waals surface area contributed by atoms with Crippen molar-refractivity contribution >= 4 is 22.9 Å². The summed E-state index contributed by atoms with van der Waals surface area (Å²) in [4.78, 5) is 39.2. The number of amides is 1. The van der Waals surface area contributed by atoms with Gasteiger partial charge in [0.1, 0.15) is 17.8 Å². The van der Waals surface area contributed by atoms with Gasteiger partial charge in [-0.3, -0.25) is 14.7 Å². The van der Waals surface area contributed by atoms with Crippen LogP contribution in [0.15, 0.2) is 23.1 Å². The number of aromatic nitrogens is 7. The normalized spacial score (nSPS) is 15.4. The summed E-state index contributed by atoms with van der Waals surface area (Å²) >= 11 is 0. The first-order valence-electron chi connectivity index (χ1n) is 12.1. The summed E-state index contributed by atoms with van der Waals surface area (Å²) in [5.74, 6) is 1.85. The third-order valence-corrected chi connectivity index (χ3v) is 6.30. The Hall–Kier alpha value is -3.93. The number of carbonyl (C=O) groups excluding carboxylic acids is 1. The first-order valence-corrected chi connectivity index (χ1v) is 12.1. The molecule has 0 saturated carbocycles. The largest absolute Gasteiger partial charge is 0.383 e. The average Bonchev–Trinajstić information content (AvgIpc) is 3.59. The van der Waals surface area contributed by atoms with Gasteiger partial charge in [0.25, 0.3) is 11.7 Å². The van der Waals surface area contributed by atoms with E-state index in [1.165, 1.54) is 6.33 Å². The lowest BCUT2D eigenvalue weighted by Crippen LogP contribution is -2.30. The third-order valence-electron chi connectivity index (χ3n) is 6.30. The van der Waals surface area contributed by atoms with Gasteiger partial charge in [-0.05, 0) is 32.9 Å². The number of H-pyrrole nitrogens is 2. The second kappa shape index (κ2) is 9.26. The maximum atomic E-state index is 13.1. The SMILES string of the molecule is C[C@@H](NC(=O)c1ncnc(N)c1CN1CCCC1)c1cc(-c2[nH]c3cnc(C(C)(C)C)nc3[nH+]2)no1. The zero-order valence-corrected chi connectivity index (χ0v) is 20.9. The predicted octanol–water partition coefficient (Wildman–Crippen LogP) is 2.18. The average molecular weight is 492 g/mol. The van der Waals surface area contributed by atoms with Crippen molar-refractivity contribution in [2.45, 2.75) is 58.5 Å². The van der Waals surface area contributed by atoms with Gasteiger partial charge in [-0.2, -0.15) is 0 Å². The number of hydrogen-bond acceptors (Lipinski definition) is 9. The van der Waals surface area contributed by atoms with Crippen LogP contribution in [0.3, 0.4) is 0 Å². The van der Waals surface area contributed by atoms with Crippen molar-refractivity contribution in [1.82, 2.24) is 40.3 Å². The van der Waals surface area contributed by atoms with Crippen molar-refractivity contribution in [2.75, 3.05) is 18.8 Å². The molecule has 0 aromatic carbocycles. The number of nitrogen functional groups attached to an aromatic ring is 1. The minimum atomic E-state index is -0.453. The lowest BCUT2D eigenvalue weighted by atomic mass is 9.96. The fraction of sp³-hybridized carbons (Fsp3) is 0.458. The van der Waals surface area contributed by atoms with Crippen LogP contribution in [0, 0.1) is 0 Å². The van der Waals surface area contributed by atoms with Gasteiger partial charge >= 0.3 is 5.65 Å². The number of hydrogen-bond donors (Lipinski definition) is 3. The van der Waals surface area contributed by atoms with Crippen molar-refractivity contribution in [3.05, 3.63) is 41.4 Å². The molecule has 12 heteroatoms. The van der Waals surface area contributed by atoms with Gasteiger partial charge in [-0.25, -0.2) is 19.9 Å². The lowest BCUT2D eigenvalue weighted by molar-refractivity contribution is -0.334. The van der Waals surface area contributed by atoms with Crippen LogP contribution in [0.4, 0.5) is 5.82 Å². The Labute approximate surface area is 208 Å². The standard InChI is InChI=1S/C24H30N10O2/c1-13(29-22(35)18-14(19(25)28-12-27-18)11-34-7-5-6-8-34)17-9-15(33-36-17)20-30-16-10-26-23(24(2,3)4)32-21(16)31-20/h9-10,12-13H,5-8,11H2,1-4H3,(H,29,35)(H2,25,27,28)(H,26,30,31,32)/p+1/t13-/m1/s1. The number of rotatable bonds is 6. The highest BCUT2D eigenvalue weighted by Gasteiger charge is 2.26. The number of imidazole rings is 1. The van der Waals surface area contributed by atoms with Crippen molar-refractivity contribution in [3.8, 4) is 11.5 Å². The summed E-state index contributed by atoms with van der Waals surface area (Å²) in [6, 6.07) is 1.32. The van der Waals surface area contributed by atoms with Crippen LogP contribution in [0.2, 0.25) is 0 Å². The summed E-state index contributed by atoms with van der Waals surface area (Å²) < 4.78 is 5.55. The highest BCUT2D eigenvalue weighted by atomic mass is 16.5. The number of nitrogens with two attached hydrogens (primary N) is 1. The van der Waals surface area contributed by atoms with Gasteiger partial charge in [0, 0.05) is 23.6 Å². The molecule has 4 aromatic heterocycles. The van der Waals surface area contributed by atoms with E-state index in [1.54, 1.807) is 12.3 Å². The van der Waals surface area contributed by atoms with Crippen molar-refractivity contribution in [3.63, 3.8) is 0 Å².